The van der Waals surface area contributed by atoms with E-state index in [-0.39, 0.29) is 40.1 Å². The lowest BCUT2D eigenvalue weighted by Crippen LogP contribution is -2.21. The Labute approximate surface area is 206 Å². The minimum absolute atomic E-state index is 0.124. The highest BCUT2D eigenvalue weighted by molar-refractivity contribution is 6.31. The molecule has 1 atom stereocenters. The summed E-state index contributed by atoms with van der Waals surface area (Å²) in [6.45, 7) is 7.69. The molecule has 0 saturated carbocycles. The molecule has 0 bridgehead atoms. The van der Waals surface area contributed by atoms with Gasteiger partial charge in [0.1, 0.15) is 0 Å². The molecule has 0 radical (unpaired) electrons. The lowest BCUT2D eigenvalue weighted by Gasteiger charge is -2.26. The third kappa shape index (κ3) is 6.03. The van der Waals surface area contributed by atoms with Crippen LogP contribution in [0.2, 0.25) is 5.02 Å². The van der Waals surface area contributed by atoms with E-state index in [1.807, 2.05) is 32.9 Å². The first-order valence-electron chi connectivity index (χ1n) is 11.0. The average molecular weight is 507 g/mol. The van der Waals surface area contributed by atoms with Crippen molar-refractivity contribution >= 4 is 40.5 Å². The van der Waals surface area contributed by atoms with Crippen molar-refractivity contribution in [1.29, 1.82) is 0 Å². The minimum atomic E-state index is -4.86. The van der Waals surface area contributed by atoms with Crippen LogP contribution < -0.4 is 10.6 Å². The summed E-state index contributed by atoms with van der Waals surface area (Å²) in [6, 6.07) is 4.24. The van der Waals surface area contributed by atoms with Gasteiger partial charge in [0.2, 0.25) is 5.91 Å². The third-order valence-electron chi connectivity index (χ3n) is 5.87. The predicted molar refractivity (Wildman–Crippen MR) is 131 cm³/mol. The topological polar surface area (TPSA) is 76.0 Å². The van der Waals surface area contributed by atoms with E-state index in [2.05, 4.69) is 15.7 Å². The fourth-order valence-electron chi connectivity index (χ4n) is 3.42. The zero-order valence-corrected chi connectivity index (χ0v) is 20.5. The minimum Gasteiger partial charge on any atom is -0.326 e. The van der Waals surface area contributed by atoms with Crippen LogP contribution in [0.1, 0.15) is 50.2 Å². The van der Waals surface area contributed by atoms with E-state index >= 15 is 0 Å². The molecular weight excluding hydrogens is 481 g/mol. The van der Waals surface area contributed by atoms with Gasteiger partial charge >= 0.3 is 6.18 Å². The van der Waals surface area contributed by atoms with Crippen molar-refractivity contribution in [1.82, 2.24) is 9.78 Å². The van der Waals surface area contributed by atoms with Gasteiger partial charge in [0.15, 0.2) is 5.69 Å². The van der Waals surface area contributed by atoms with Crippen LogP contribution >= 0.6 is 11.6 Å². The molecule has 2 aromatic rings. The Hall–Kier alpha value is -3.33. The summed E-state index contributed by atoms with van der Waals surface area (Å²) in [5.74, 6) is -1.08. The average Bonchev–Trinajstić information content (AvgIpc) is 3.11. The molecule has 10 heteroatoms. The molecule has 35 heavy (non-hydrogen) atoms. The molecule has 0 spiro atoms. The van der Waals surface area contributed by atoms with Gasteiger partial charge in [-0.25, -0.2) is 4.68 Å². The first-order valence-corrected chi connectivity index (χ1v) is 11.4. The van der Waals surface area contributed by atoms with Crippen LogP contribution in [0.25, 0.3) is 5.70 Å². The number of anilines is 2. The molecule has 1 aliphatic carbocycles. The molecule has 6 nitrogen and oxygen atoms in total. The van der Waals surface area contributed by atoms with Crippen LogP contribution in [0.4, 0.5) is 24.5 Å². The fourth-order valence-corrected chi connectivity index (χ4v) is 3.66. The maximum Gasteiger partial charge on any atom is 0.434 e. The van der Waals surface area contributed by atoms with E-state index < -0.39 is 23.3 Å². The van der Waals surface area contributed by atoms with E-state index in [0.29, 0.717) is 10.4 Å². The fraction of sp³-hybridized carbons (Fsp3) is 0.320. The Morgan fingerprint density at radius 3 is 2.40 bits per heavy atom. The summed E-state index contributed by atoms with van der Waals surface area (Å²) in [4.78, 5) is 24.6. The molecule has 1 heterocycles. The number of alkyl halides is 3. The highest BCUT2D eigenvalue weighted by Gasteiger charge is 2.41. The second-order valence-electron chi connectivity index (χ2n) is 8.71. The third-order valence-corrected chi connectivity index (χ3v) is 6.09. The maximum absolute atomic E-state index is 14.1. The van der Waals surface area contributed by atoms with E-state index in [4.69, 9.17) is 11.6 Å². The zero-order valence-electron chi connectivity index (χ0n) is 19.7. The van der Waals surface area contributed by atoms with Crippen molar-refractivity contribution < 1.29 is 22.8 Å². The van der Waals surface area contributed by atoms with E-state index in [9.17, 15) is 22.8 Å². The molecule has 1 aliphatic rings. The van der Waals surface area contributed by atoms with Crippen LogP contribution in [0, 0.1) is 11.3 Å². The van der Waals surface area contributed by atoms with Gasteiger partial charge in [0.05, 0.1) is 17.5 Å². The second-order valence-corrected chi connectivity index (χ2v) is 9.14. The zero-order chi connectivity index (χ0) is 26.0. The van der Waals surface area contributed by atoms with Gasteiger partial charge in [0.25, 0.3) is 5.91 Å². The number of aromatic nitrogens is 2. The van der Waals surface area contributed by atoms with E-state index in [1.165, 1.54) is 24.3 Å². The van der Waals surface area contributed by atoms with Crippen LogP contribution in [0.3, 0.4) is 0 Å². The summed E-state index contributed by atoms with van der Waals surface area (Å²) in [5, 5.41) is 9.09. The van der Waals surface area contributed by atoms with Crippen molar-refractivity contribution in [2.75, 3.05) is 10.6 Å². The number of amides is 2. The van der Waals surface area contributed by atoms with Crippen LogP contribution in [0.5, 0.6) is 0 Å². The van der Waals surface area contributed by atoms with Crippen molar-refractivity contribution in [3.05, 3.63) is 71.1 Å². The van der Waals surface area contributed by atoms with Gasteiger partial charge in [-0.3, -0.25) is 9.59 Å². The SMILES string of the molecule is CCC(=O)Nc1cc(Cl)cc(NC(=O)c2cnn(C3=CC=CC(C)(C(C)C)C=C3)c2C(F)(F)F)c1. The van der Waals surface area contributed by atoms with Crippen molar-refractivity contribution in [2.45, 2.75) is 40.3 Å². The molecule has 0 fully saturated rings. The molecule has 2 N–H and O–H groups in total. The number of hydrogen-bond donors (Lipinski definition) is 2. The van der Waals surface area contributed by atoms with E-state index in [1.54, 1.807) is 19.1 Å². The van der Waals surface area contributed by atoms with Gasteiger partial charge < -0.3 is 10.6 Å². The smallest absolute Gasteiger partial charge is 0.326 e. The summed E-state index contributed by atoms with van der Waals surface area (Å²) in [6.07, 6.45) is 4.77. The standard InChI is InChI=1S/C25H26ClF3N4O2/c1-5-21(34)31-17-11-16(26)12-18(13-17)32-23(35)20-14-30-33(22(20)25(27,28)29)19-7-6-9-24(4,10-8-19)15(2)3/h6-15H,5H2,1-4H3,(H,31,34)(H,32,35). The maximum atomic E-state index is 14.1. The molecule has 0 aliphatic heterocycles. The molecule has 186 valence electrons. The van der Waals surface area contributed by atoms with Crippen molar-refractivity contribution in [2.24, 2.45) is 11.3 Å². The first kappa shape index (κ1) is 26.3. The Bertz CT molecular complexity index is 1230. The number of rotatable bonds is 6. The van der Waals surface area contributed by atoms with Crippen molar-refractivity contribution in [3.8, 4) is 0 Å². The highest BCUT2D eigenvalue weighted by atomic mass is 35.5. The molecule has 0 saturated heterocycles. The summed E-state index contributed by atoms with van der Waals surface area (Å²) >= 11 is 6.06. The quantitative estimate of drug-likeness (QED) is 0.453. The number of halogens is 4. The van der Waals surface area contributed by atoms with Gasteiger partial charge in [-0.05, 0) is 36.3 Å². The predicted octanol–water partition coefficient (Wildman–Crippen LogP) is 6.79. The molecule has 3 rings (SSSR count). The Balaban J connectivity index is 1.96. The lowest BCUT2D eigenvalue weighted by atomic mass is 9.79. The normalized spacial score (nSPS) is 17.8. The largest absolute Gasteiger partial charge is 0.434 e. The van der Waals surface area contributed by atoms with Gasteiger partial charge in [0, 0.05) is 28.2 Å². The summed E-state index contributed by atoms with van der Waals surface area (Å²) in [7, 11) is 0. The number of carbonyl (C=O) groups excluding carboxylic acids is 2. The number of nitrogens with one attached hydrogen (secondary N) is 2. The number of allylic oxidation sites excluding steroid dienone is 6. The van der Waals surface area contributed by atoms with Crippen LogP contribution in [-0.4, -0.2) is 21.6 Å². The molecule has 2 amide bonds. The second kappa shape index (κ2) is 10.1. The molecule has 1 aromatic carbocycles. The number of benzene rings is 1. The molecule has 1 unspecified atom stereocenters. The van der Waals surface area contributed by atoms with Crippen LogP contribution in [0.15, 0.2) is 54.8 Å². The first-order chi connectivity index (χ1) is 16.3. The highest BCUT2D eigenvalue weighted by Crippen LogP contribution is 2.37. The summed E-state index contributed by atoms with van der Waals surface area (Å²) in [5.41, 5.74) is -1.59. The van der Waals surface area contributed by atoms with Crippen LogP contribution in [-0.2, 0) is 11.0 Å². The molecular formula is C25H26ClF3N4O2. The Morgan fingerprint density at radius 1 is 1.14 bits per heavy atom. The van der Waals surface area contributed by atoms with E-state index in [0.717, 1.165) is 6.20 Å². The number of nitrogens with zero attached hydrogens (tertiary/aromatic N) is 2. The number of hydrogen-bond acceptors (Lipinski definition) is 3. The summed E-state index contributed by atoms with van der Waals surface area (Å²) < 4.78 is 43.0. The lowest BCUT2D eigenvalue weighted by molar-refractivity contribution is -0.143. The van der Waals surface area contributed by atoms with Gasteiger partial charge in [-0.1, -0.05) is 57.5 Å². The van der Waals surface area contributed by atoms with Crippen molar-refractivity contribution in [3.63, 3.8) is 0 Å². The number of carbonyl (C=O) groups is 2. The Kier molecular flexibility index (Phi) is 7.59. The van der Waals surface area contributed by atoms with Gasteiger partial charge in [-0.15, -0.1) is 0 Å². The molecule has 1 aromatic heterocycles. The Morgan fingerprint density at radius 2 is 1.80 bits per heavy atom. The van der Waals surface area contributed by atoms with Gasteiger partial charge in [-0.2, -0.15) is 18.3 Å². The monoisotopic (exact) mass is 506 g/mol.